The van der Waals surface area contributed by atoms with E-state index in [-0.39, 0.29) is 11.8 Å². The van der Waals surface area contributed by atoms with Gasteiger partial charge < -0.3 is 15.8 Å². The van der Waals surface area contributed by atoms with E-state index >= 15 is 0 Å². The number of hydrogen-bond acceptors (Lipinski definition) is 2. The average Bonchev–Trinajstić information content (AvgIpc) is 2.53. The summed E-state index contributed by atoms with van der Waals surface area (Å²) in [5, 5.41) is 1.85. The molecule has 0 aliphatic heterocycles. The smallest absolute Gasteiger partial charge is 0.387 e. The van der Waals surface area contributed by atoms with Crippen LogP contribution in [0.15, 0.2) is 54.6 Å². The fourth-order valence-electron chi connectivity index (χ4n) is 2.32. The number of primary amides is 1. The van der Waals surface area contributed by atoms with Gasteiger partial charge in [0.25, 0.3) is 5.91 Å². The number of rotatable bonds is 7. The molecule has 0 radical (unpaired) electrons. The highest BCUT2D eigenvalue weighted by Crippen LogP contribution is 2.22. The number of alkyl halides is 2. The second kappa shape index (κ2) is 7.69. The molecule has 0 saturated heterocycles. The zero-order valence-electron chi connectivity index (χ0n) is 12.7. The van der Waals surface area contributed by atoms with Crippen LogP contribution in [0.3, 0.4) is 0 Å². The number of quaternary nitrogens is 1. The molecule has 2 atom stereocenters. The molecule has 0 bridgehead atoms. The Balaban J connectivity index is 2.28. The largest absolute Gasteiger partial charge is 0.435 e. The summed E-state index contributed by atoms with van der Waals surface area (Å²) in [7, 11) is 0. The van der Waals surface area contributed by atoms with E-state index in [9.17, 15) is 13.6 Å². The van der Waals surface area contributed by atoms with Crippen molar-refractivity contribution in [3.8, 4) is 5.75 Å². The molecule has 0 aromatic heterocycles. The first-order chi connectivity index (χ1) is 11.0. The van der Waals surface area contributed by atoms with Crippen LogP contribution >= 0.6 is 0 Å². The van der Waals surface area contributed by atoms with Crippen molar-refractivity contribution < 1.29 is 23.6 Å². The third kappa shape index (κ3) is 4.75. The van der Waals surface area contributed by atoms with Gasteiger partial charge in [-0.3, -0.25) is 4.79 Å². The van der Waals surface area contributed by atoms with E-state index in [4.69, 9.17) is 5.73 Å². The molecule has 1 amide bonds. The highest BCUT2D eigenvalue weighted by Gasteiger charge is 2.23. The van der Waals surface area contributed by atoms with Gasteiger partial charge in [-0.1, -0.05) is 30.3 Å². The summed E-state index contributed by atoms with van der Waals surface area (Å²) in [5.74, 6) is -0.318. The number of nitrogens with two attached hydrogens (primary N) is 2. The van der Waals surface area contributed by atoms with Crippen molar-refractivity contribution in [1.82, 2.24) is 0 Å². The van der Waals surface area contributed by atoms with Gasteiger partial charge in [-0.25, -0.2) is 0 Å². The predicted octanol–water partition coefficient (Wildman–Crippen LogP) is 1.81. The molecule has 2 rings (SSSR count). The highest BCUT2D eigenvalue weighted by atomic mass is 19.3. The van der Waals surface area contributed by atoms with E-state index in [2.05, 4.69) is 4.74 Å². The summed E-state index contributed by atoms with van der Waals surface area (Å²) in [4.78, 5) is 11.4. The number of amides is 1. The molecule has 0 unspecified atom stereocenters. The van der Waals surface area contributed by atoms with Crippen LogP contribution in [-0.4, -0.2) is 18.6 Å². The van der Waals surface area contributed by atoms with Crippen LogP contribution in [0.2, 0.25) is 0 Å². The van der Waals surface area contributed by atoms with Gasteiger partial charge in [0, 0.05) is 11.1 Å². The van der Waals surface area contributed by atoms with Crippen LogP contribution < -0.4 is 15.8 Å². The number of carbonyl (C=O) groups is 1. The molecule has 0 aliphatic carbocycles. The van der Waals surface area contributed by atoms with E-state index in [1.165, 1.54) is 12.1 Å². The summed E-state index contributed by atoms with van der Waals surface area (Å²) in [5.41, 5.74) is 7.20. The van der Waals surface area contributed by atoms with Crippen molar-refractivity contribution >= 4 is 5.91 Å². The fourth-order valence-corrected chi connectivity index (χ4v) is 2.32. The lowest BCUT2D eigenvalue weighted by Crippen LogP contribution is -2.92. The molecule has 0 fully saturated rings. The number of halogens is 2. The molecule has 122 valence electrons. The van der Waals surface area contributed by atoms with Gasteiger partial charge in [-0.2, -0.15) is 8.78 Å². The van der Waals surface area contributed by atoms with Crippen LogP contribution in [0.25, 0.3) is 0 Å². The Hall–Kier alpha value is -2.47. The topological polar surface area (TPSA) is 68.9 Å². The number of ether oxygens (including phenoxy) is 1. The van der Waals surface area contributed by atoms with E-state index in [1.54, 1.807) is 19.1 Å². The van der Waals surface area contributed by atoms with Gasteiger partial charge in [-0.05, 0) is 31.2 Å². The van der Waals surface area contributed by atoms with E-state index in [1.807, 2.05) is 35.6 Å². The minimum absolute atomic E-state index is 0.0958. The monoisotopic (exact) mass is 321 g/mol. The minimum Gasteiger partial charge on any atom is -0.435 e. The SMILES string of the molecule is C[C@@H]([NH2+][C@@H](c1ccccc1)c1ccc(OC(F)F)cc1)C(N)=O. The maximum Gasteiger partial charge on any atom is 0.387 e. The van der Waals surface area contributed by atoms with Gasteiger partial charge in [0.05, 0.1) is 0 Å². The van der Waals surface area contributed by atoms with Gasteiger partial charge in [0.1, 0.15) is 11.8 Å². The molecule has 6 heteroatoms. The maximum absolute atomic E-state index is 12.2. The van der Waals surface area contributed by atoms with Crippen LogP contribution in [0.4, 0.5) is 8.78 Å². The summed E-state index contributed by atoms with van der Waals surface area (Å²) in [6, 6.07) is 15.4. The Morgan fingerprint density at radius 3 is 2.13 bits per heavy atom. The Bertz CT molecular complexity index is 633. The molecular weight excluding hydrogens is 302 g/mol. The van der Waals surface area contributed by atoms with Crippen LogP contribution in [0.1, 0.15) is 24.1 Å². The zero-order valence-corrected chi connectivity index (χ0v) is 12.7. The summed E-state index contributed by atoms with van der Waals surface area (Å²) in [6.07, 6.45) is 0. The van der Waals surface area contributed by atoms with Crippen LogP contribution in [0, 0.1) is 0 Å². The molecule has 0 heterocycles. The Morgan fingerprint density at radius 1 is 1.04 bits per heavy atom. The van der Waals surface area contributed by atoms with E-state index in [0.29, 0.717) is 0 Å². The molecule has 4 N–H and O–H groups in total. The lowest BCUT2D eigenvalue weighted by Gasteiger charge is -2.19. The average molecular weight is 321 g/mol. The summed E-state index contributed by atoms with van der Waals surface area (Å²) < 4.78 is 28.8. The third-order valence-corrected chi connectivity index (χ3v) is 3.55. The van der Waals surface area contributed by atoms with Gasteiger partial charge >= 0.3 is 6.61 Å². The van der Waals surface area contributed by atoms with Gasteiger partial charge in [0.2, 0.25) is 0 Å². The Morgan fingerprint density at radius 2 is 1.61 bits per heavy atom. The van der Waals surface area contributed by atoms with Gasteiger partial charge in [-0.15, -0.1) is 0 Å². The summed E-state index contributed by atoms with van der Waals surface area (Å²) >= 11 is 0. The highest BCUT2D eigenvalue weighted by molar-refractivity contribution is 5.77. The first-order valence-electron chi connectivity index (χ1n) is 7.21. The second-order valence-corrected chi connectivity index (χ2v) is 5.22. The van der Waals surface area contributed by atoms with Crippen molar-refractivity contribution in [2.45, 2.75) is 25.6 Å². The molecule has 4 nitrogen and oxygen atoms in total. The van der Waals surface area contributed by atoms with E-state index in [0.717, 1.165) is 11.1 Å². The molecule has 23 heavy (non-hydrogen) atoms. The molecule has 2 aromatic carbocycles. The van der Waals surface area contributed by atoms with E-state index < -0.39 is 18.6 Å². The fraction of sp³-hybridized carbons (Fsp3) is 0.235. The number of carbonyl (C=O) groups excluding carboxylic acids is 1. The van der Waals surface area contributed by atoms with Gasteiger partial charge in [0.15, 0.2) is 6.04 Å². The maximum atomic E-state index is 12.2. The van der Waals surface area contributed by atoms with Crippen molar-refractivity contribution in [3.05, 3.63) is 65.7 Å². The van der Waals surface area contributed by atoms with Crippen LogP contribution in [0.5, 0.6) is 5.75 Å². The molecule has 0 spiro atoms. The normalized spacial score (nSPS) is 13.6. The van der Waals surface area contributed by atoms with Crippen molar-refractivity contribution in [3.63, 3.8) is 0 Å². The quantitative estimate of drug-likeness (QED) is 0.817. The third-order valence-electron chi connectivity index (χ3n) is 3.55. The first kappa shape index (κ1) is 16.9. The predicted molar refractivity (Wildman–Crippen MR) is 81.9 cm³/mol. The Kier molecular flexibility index (Phi) is 5.65. The van der Waals surface area contributed by atoms with Crippen LogP contribution in [-0.2, 0) is 4.79 Å². The Labute approximate surface area is 133 Å². The lowest BCUT2D eigenvalue weighted by atomic mass is 9.97. The zero-order chi connectivity index (χ0) is 16.8. The first-order valence-corrected chi connectivity index (χ1v) is 7.21. The van der Waals surface area contributed by atoms with Crippen molar-refractivity contribution in [1.29, 1.82) is 0 Å². The molecule has 2 aromatic rings. The molecule has 0 aliphatic rings. The second-order valence-electron chi connectivity index (χ2n) is 5.22. The lowest BCUT2D eigenvalue weighted by molar-refractivity contribution is -0.704. The molecular formula is C17H19F2N2O2+. The van der Waals surface area contributed by atoms with Crippen molar-refractivity contribution in [2.75, 3.05) is 0 Å². The number of benzene rings is 2. The standard InChI is InChI=1S/C17H18F2N2O2/c1-11(16(20)22)21-15(12-5-3-2-4-6-12)13-7-9-14(10-8-13)23-17(18)19/h2-11,15,17,21H,1H3,(H2,20,22)/p+1/t11-,15+/m1/s1. The number of hydrogen-bond donors (Lipinski definition) is 2. The minimum atomic E-state index is -2.85. The van der Waals surface area contributed by atoms with Crippen molar-refractivity contribution in [2.24, 2.45) is 5.73 Å². The summed E-state index contributed by atoms with van der Waals surface area (Å²) in [6.45, 7) is -1.13. The molecule has 0 saturated carbocycles.